The number of aryl methyl sites for hydroxylation is 1. The quantitative estimate of drug-likeness (QED) is 0.709. The second-order valence-electron chi connectivity index (χ2n) is 6.41. The molecule has 2 rings (SSSR count). The number of benzene rings is 1. The minimum Gasteiger partial charge on any atom is -0.465 e. The van der Waals surface area contributed by atoms with Crippen molar-refractivity contribution in [2.24, 2.45) is 0 Å². The van der Waals surface area contributed by atoms with E-state index < -0.39 is 12.1 Å². The Hall–Kier alpha value is -2.41. The molecule has 0 bridgehead atoms. The Labute approximate surface area is 154 Å². The van der Waals surface area contributed by atoms with E-state index in [1.54, 1.807) is 20.9 Å². The van der Waals surface area contributed by atoms with Crippen molar-refractivity contribution in [2.45, 2.75) is 38.8 Å². The Morgan fingerprint density at radius 2 is 1.92 bits per heavy atom. The van der Waals surface area contributed by atoms with Gasteiger partial charge in [0, 0.05) is 20.1 Å². The zero-order chi connectivity index (χ0) is 19.1. The smallest absolute Gasteiger partial charge is 0.326 e. The van der Waals surface area contributed by atoms with Crippen LogP contribution in [0.1, 0.15) is 25.8 Å². The summed E-state index contributed by atoms with van der Waals surface area (Å²) in [5.74, 6) is -0.707. The van der Waals surface area contributed by atoms with Gasteiger partial charge < -0.3 is 9.64 Å². The number of rotatable bonds is 8. The van der Waals surface area contributed by atoms with Gasteiger partial charge in [-0.2, -0.15) is 0 Å². The molecule has 1 aliphatic heterocycles. The molecule has 26 heavy (non-hydrogen) atoms. The van der Waals surface area contributed by atoms with Gasteiger partial charge in [0.2, 0.25) is 5.91 Å². The van der Waals surface area contributed by atoms with E-state index in [9.17, 15) is 14.4 Å². The van der Waals surface area contributed by atoms with E-state index in [2.05, 4.69) is 5.32 Å². The van der Waals surface area contributed by atoms with Gasteiger partial charge in [-0.05, 0) is 32.3 Å². The number of hydrogen-bond donors (Lipinski definition) is 1. The van der Waals surface area contributed by atoms with E-state index >= 15 is 0 Å². The maximum absolute atomic E-state index is 12.6. The molecule has 142 valence electrons. The molecule has 2 atom stereocenters. The Balaban J connectivity index is 1.99. The van der Waals surface area contributed by atoms with E-state index in [4.69, 9.17) is 4.74 Å². The number of urea groups is 1. The van der Waals surface area contributed by atoms with E-state index in [0.29, 0.717) is 25.9 Å². The zero-order valence-electron chi connectivity index (χ0n) is 15.6. The molecule has 3 amide bonds. The van der Waals surface area contributed by atoms with Crippen molar-refractivity contribution < 1.29 is 19.1 Å². The van der Waals surface area contributed by atoms with Gasteiger partial charge in [0.1, 0.15) is 6.04 Å². The summed E-state index contributed by atoms with van der Waals surface area (Å²) in [7, 11) is 1.66. The molecule has 7 nitrogen and oxygen atoms in total. The van der Waals surface area contributed by atoms with Crippen LogP contribution in [0, 0.1) is 0 Å². The number of likely N-dealkylation sites (N-methyl/N-ethyl adjacent to an activating group) is 1. The molecule has 1 aliphatic rings. The van der Waals surface area contributed by atoms with E-state index in [-0.39, 0.29) is 24.5 Å². The van der Waals surface area contributed by atoms with Crippen molar-refractivity contribution in [3.63, 3.8) is 0 Å². The highest BCUT2D eigenvalue weighted by Gasteiger charge is 2.34. The van der Waals surface area contributed by atoms with Gasteiger partial charge >= 0.3 is 12.0 Å². The average Bonchev–Trinajstić information content (AvgIpc) is 2.97. The highest BCUT2D eigenvalue weighted by molar-refractivity contribution is 5.98. The van der Waals surface area contributed by atoms with Crippen molar-refractivity contribution in [3.05, 3.63) is 35.9 Å². The molecule has 0 aromatic heterocycles. The van der Waals surface area contributed by atoms with Crippen LogP contribution < -0.4 is 5.32 Å². The lowest BCUT2D eigenvalue weighted by molar-refractivity contribution is -0.146. The minimum absolute atomic E-state index is 0.278. The third kappa shape index (κ3) is 5.05. The Morgan fingerprint density at radius 3 is 2.50 bits per heavy atom. The van der Waals surface area contributed by atoms with E-state index in [1.165, 1.54) is 9.80 Å². The monoisotopic (exact) mass is 361 g/mol. The number of nitrogens with zero attached hydrogens (tertiary/aromatic N) is 2. The molecule has 1 heterocycles. The van der Waals surface area contributed by atoms with Gasteiger partial charge in [-0.3, -0.25) is 19.8 Å². The molecular weight excluding hydrogens is 334 g/mol. The van der Waals surface area contributed by atoms with Crippen LogP contribution in [-0.4, -0.2) is 66.5 Å². The topological polar surface area (TPSA) is 79.0 Å². The molecule has 1 N–H and O–H groups in total. The van der Waals surface area contributed by atoms with Gasteiger partial charge in [0.15, 0.2) is 0 Å². The molecule has 7 heteroatoms. The fraction of sp³-hybridized carbons (Fsp3) is 0.526. The molecule has 0 radical (unpaired) electrons. The van der Waals surface area contributed by atoms with Crippen LogP contribution >= 0.6 is 0 Å². The predicted molar refractivity (Wildman–Crippen MR) is 97.5 cm³/mol. The molecule has 0 unspecified atom stereocenters. The summed E-state index contributed by atoms with van der Waals surface area (Å²) < 4.78 is 5.14. The number of nitrogens with one attached hydrogen (secondary N) is 1. The SMILES string of the molecule is CCOC(=O)[C@H](CCc1ccccc1)N[C@@H](C)C(=O)N1CCN(C)C1=O. The normalized spacial score (nSPS) is 16.5. The maximum atomic E-state index is 12.6. The van der Waals surface area contributed by atoms with E-state index in [1.807, 2.05) is 30.3 Å². The summed E-state index contributed by atoms with van der Waals surface area (Å²) >= 11 is 0. The third-order valence-corrected chi connectivity index (χ3v) is 4.44. The Bertz CT molecular complexity index is 635. The van der Waals surface area contributed by atoms with Crippen LogP contribution in [0.15, 0.2) is 30.3 Å². The molecule has 0 spiro atoms. The van der Waals surface area contributed by atoms with Gasteiger partial charge in [-0.1, -0.05) is 30.3 Å². The predicted octanol–water partition coefficient (Wildman–Crippen LogP) is 1.42. The van der Waals surface area contributed by atoms with Gasteiger partial charge in [0.25, 0.3) is 0 Å². The second-order valence-corrected chi connectivity index (χ2v) is 6.41. The Kier molecular flexibility index (Phi) is 7.15. The van der Waals surface area contributed by atoms with Crippen molar-refractivity contribution in [1.82, 2.24) is 15.1 Å². The highest BCUT2D eigenvalue weighted by atomic mass is 16.5. The van der Waals surface area contributed by atoms with Crippen molar-refractivity contribution in [3.8, 4) is 0 Å². The number of amides is 3. The number of hydrogen-bond acceptors (Lipinski definition) is 5. The molecule has 0 aliphatic carbocycles. The lowest BCUT2D eigenvalue weighted by Gasteiger charge is -2.24. The highest BCUT2D eigenvalue weighted by Crippen LogP contribution is 2.11. The fourth-order valence-corrected chi connectivity index (χ4v) is 2.93. The van der Waals surface area contributed by atoms with Gasteiger partial charge in [0.05, 0.1) is 12.6 Å². The zero-order valence-corrected chi connectivity index (χ0v) is 15.6. The fourth-order valence-electron chi connectivity index (χ4n) is 2.93. The lowest BCUT2D eigenvalue weighted by Crippen LogP contribution is -2.51. The number of carbonyl (C=O) groups excluding carboxylic acids is 3. The minimum atomic E-state index is -0.657. The van der Waals surface area contributed by atoms with Crippen molar-refractivity contribution in [2.75, 3.05) is 26.7 Å². The molecule has 1 aromatic rings. The van der Waals surface area contributed by atoms with Crippen LogP contribution in [0.2, 0.25) is 0 Å². The first-order valence-corrected chi connectivity index (χ1v) is 8.97. The third-order valence-electron chi connectivity index (χ3n) is 4.44. The summed E-state index contributed by atoms with van der Waals surface area (Å²) in [5, 5.41) is 3.05. The van der Waals surface area contributed by atoms with Crippen LogP contribution in [-0.2, 0) is 20.7 Å². The molecule has 0 saturated carbocycles. The molecule has 1 aromatic carbocycles. The van der Waals surface area contributed by atoms with Gasteiger partial charge in [-0.15, -0.1) is 0 Å². The summed E-state index contributed by atoms with van der Waals surface area (Å²) in [4.78, 5) is 39.5. The maximum Gasteiger partial charge on any atom is 0.326 e. The van der Waals surface area contributed by atoms with Crippen LogP contribution in [0.4, 0.5) is 4.79 Å². The molecule has 1 fully saturated rings. The van der Waals surface area contributed by atoms with Crippen molar-refractivity contribution in [1.29, 1.82) is 0 Å². The first kappa shape index (κ1) is 19.9. The summed E-state index contributed by atoms with van der Waals surface area (Å²) in [6.45, 7) is 4.59. The van der Waals surface area contributed by atoms with Gasteiger partial charge in [-0.25, -0.2) is 4.79 Å². The first-order valence-electron chi connectivity index (χ1n) is 8.97. The second kappa shape index (κ2) is 9.33. The summed E-state index contributed by atoms with van der Waals surface area (Å²) in [6, 6.07) is 8.26. The first-order chi connectivity index (χ1) is 12.4. The van der Waals surface area contributed by atoms with Crippen LogP contribution in [0.3, 0.4) is 0 Å². The average molecular weight is 361 g/mol. The summed E-state index contributed by atoms with van der Waals surface area (Å²) in [5.41, 5.74) is 1.11. The van der Waals surface area contributed by atoms with E-state index in [0.717, 1.165) is 5.56 Å². The lowest BCUT2D eigenvalue weighted by atomic mass is 10.0. The largest absolute Gasteiger partial charge is 0.465 e. The van der Waals surface area contributed by atoms with Crippen LogP contribution in [0.25, 0.3) is 0 Å². The number of ether oxygens (including phenoxy) is 1. The number of esters is 1. The standard InChI is InChI=1S/C19H27N3O4/c1-4-26-18(24)16(11-10-15-8-6-5-7-9-15)20-14(2)17(23)22-13-12-21(3)19(22)25/h5-9,14,16,20H,4,10-13H2,1-3H3/t14-,16-/m0/s1. The number of carbonyl (C=O) groups is 3. The Morgan fingerprint density at radius 1 is 1.23 bits per heavy atom. The number of imide groups is 1. The van der Waals surface area contributed by atoms with Crippen LogP contribution in [0.5, 0.6) is 0 Å². The molecular formula is C19H27N3O4. The van der Waals surface area contributed by atoms with Crippen molar-refractivity contribution >= 4 is 17.9 Å². The summed E-state index contributed by atoms with van der Waals surface area (Å²) in [6.07, 6.45) is 1.19. The molecule has 1 saturated heterocycles.